The van der Waals surface area contributed by atoms with E-state index in [1.807, 2.05) is 20.8 Å². The van der Waals surface area contributed by atoms with Crippen LogP contribution in [0.4, 0.5) is 0 Å². The van der Waals surface area contributed by atoms with Crippen molar-refractivity contribution in [3.8, 4) is 0 Å². The van der Waals surface area contributed by atoms with E-state index in [2.05, 4.69) is 19.2 Å². The molecule has 0 radical (unpaired) electrons. The highest BCUT2D eigenvalue weighted by Crippen LogP contribution is 2.08. The van der Waals surface area contributed by atoms with Crippen LogP contribution in [-0.2, 0) is 9.53 Å². The molecule has 0 rings (SSSR count). The third kappa shape index (κ3) is 5.78. The molecule has 1 amide bonds. The first-order valence-corrected chi connectivity index (χ1v) is 5.71. The van der Waals surface area contributed by atoms with E-state index in [0.29, 0.717) is 5.92 Å². The van der Waals surface area contributed by atoms with Crippen LogP contribution in [-0.4, -0.2) is 25.2 Å². The molecule has 0 fully saturated rings. The average molecular weight is 215 g/mol. The highest BCUT2D eigenvalue weighted by molar-refractivity contribution is 5.79. The molecule has 1 N–H and O–H groups in total. The average Bonchev–Trinajstić information content (AvgIpc) is 2.13. The largest absolute Gasteiger partial charge is 0.381 e. The molecule has 15 heavy (non-hydrogen) atoms. The molecule has 0 unspecified atom stereocenters. The molecule has 3 atom stereocenters. The van der Waals surface area contributed by atoms with Crippen LogP contribution in [0.3, 0.4) is 0 Å². The minimum atomic E-state index is -0.0930. The van der Waals surface area contributed by atoms with Gasteiger partial charge in [-0.1, -0.05) is 20.8 Å². The molecular weight excluding hydrogens is 190 g/mol. The van der Waals surface area contributed by atoms with E-state index in [9.17, 15) is 4.79 Å². The Balaban J connectivity index is 4.01. The second-order valence-electron chi connectivity index (χ2n) is 4.77. The minimum Gasteiger partial charge on any atom is -0.381 e. The number of methoxy groups -OCH3 is 1. The van der Waals surface area contributed by atoms with Crippen molar-refractivity contribution in [3.05, 3.63) is 0 Å². The van der Waals surface area contributed by atoms with Crippen LogP contribution in [0.2, 0.25) is 0 Å². The predicted octanol–water partition coefficient (Wildman–Crippen LogP) is 2.21. The maximum atomic E-state index is 11.7. The van der Waals surface area contributed by atoms with Crippen LogP contribution in [0.1, 0.15) is 41.0 Å². The lowest BCUT2D eigenvalue weighted by molar-refractivity contribution is -0.128. The third-order valence-electron chi connectivity index (χ3n) is 2.70. The highest BCUT2D eigenvalue weighted by atomic mass is 16.5. The van der Waals surface area contributed by atoms with Crippen LogP contribution < -0.4 is 5.32 Å². The van der Waals surface area contributed by atoms with Gasteiger partial charge in [0.25, 0.3) is 0 Å². The van der Waals surface area contributed by atoms with Crippen LogP contribution in [0.15, 0.2) is 0 Å². The van der Waals surface area contributed by atoms with Gasteiger partial charge in [-0.2, -0.15) is 0 Å². The Kier molecular flexibility index (Phi) is 6.57. The summed E-state index contributed by atoms with van der Waals surface area (Å²) in [6.45, 7) is 10.2. The van der Waals surface area contributed by atoms with Gasteiger partial charge in [0, 0.05) is 13.2 Å². The van der Waals surface area contributed by atoms with Crippen LogP contribution in [0, 0.1) is 11.8 Å². The number of ether oxygens (including phenoxy) is 1. The van der Waals surface area contributed by atoms with Gasteiger partial charge in [0.1, 0.15) is 0 Å². The fraction of sp³-hybridized carbons (Fsp3) is 0.917. The van der Waals surface area contributed by atoms with Crippen molar-refractivity contribution in [2.24, 2.45) is 11.8 Å². The second kappa shape index (κ2) is 6.83. The van der Waals surface area contributed by atoms with Gasteiger partial charge in [-0.15, -0.1) is 0 Å². The van der Waals surface area contributed by atoms with E-state index in [1.165, 1.54) is 0 Å². The van der Waals surface area contributed by atoms with Crippen molar-refractivity contribution in [2.45, 2.75) is 53.2 Å². The molecule has 3 nitrogen and oxygen atoms in total. The van der Waals surface area contributed by atoms with Crippen molar-refractivity contribution in [1.82, 2.24) is 5.32 Å². The summed E-state index contributed by atoms with van der Waals surface area (Å²) >= 11 is 0. The molecule has 0 aliphatic rings. The number of carbonyl (C=O) groups excluding carboxylic acids is 1. The Bertz CT molecular complexity index is 192. The maximum absolute atomic E-state index is 11.7. The number of nitrogens with one attached hydrogen (secondary N) is 1. The fourth-order valence-electron chi connectivity index (χ4n) is 1.56. The molecule has 0 aliphatic heterocycles. The van der Waals surface area contributed by atoms with Crippen molar-refractivity contribution < 1.29 is 9.53 Å². The standard InChI is InChI=1S/C12H25NO2/c1-8(2)7-9(3)13-12(14)10(4)11(5)15-6/h8-11H,7H2,1-6H3,(H,13,14)/t9-,10-,11+/m0/s1. The number of hydrogen-bond donors (Lipinski definition) is 1. The van der Waals surface area contributed by atoms with Crippen molar-refractivity contribution in [2.75, 3.05) is 7.11 Å². The molecule has 90 valence electrons. The molecular formula is C12H25NO2. The normalized spacial score (nSPS) is 17.3. The Morgan fingerprint density at radius 3 is 2.13 bits per heavy atom. The van der Waals surface area contributed by atoms with Gasteiger partial charge < -0.3 is 10.1 Å². The SMILES string of the molecule is CO[C@H](C)[C@H](C)C(=O)N[C@@H](C)CC(C)C. The zero-order valence-electron chi connectivity index (χ0n) is 10.8. The number of carbonyl (C=O) groups is 1. The lowest BCUT2D eigenvalue weighted by atomic mass is 10.0. The molecule has 0 saturated heterocycles. The smallest absolute Gasteiger partial charge is 0.225 e. The van der Waals surface area contributed by atoms with E-state index < -0.39 is 0 Å². The molecule has 0 aromatic carbocycles. The molecule has 0 saturated carbocycles. The maximum Gasteiger partial charge on any atom is 0.225 e. The zero-order chi connectivity index (χ0) is 12.0. The van der Waals surface area contributed by atoms with Crippen molar-refractivity contribution in [3.63, 3.8) is 0 Å². The van der Waals surface area contributed by atoms with Crippen LogP contribution >= 0.6 is 0 Å². The van der Waals surface area contributed by atoms with Gasteiger partial charge in [0.2, 0.25) is 5.91 Å². The first kappa shape index (κ1) is 14.4. The Labute approximate surface area is 93.6 Å². The van der Waals surface area contributed by atoms with Crippen LogP contribution in [0.5, 0.6) is 0 Å². The molecule has 0 heterocycles. The van der Waals surface area contributed by atoms with Crippen molar-refractivity contribution in [1.29, 1.82) is 0 Å². The zero-order valence-corrected chi connectivity index (χ0v) is 10.8. The lowest BCUT2D eigenvalue weighted by Gasteiger charge is -2.22. The molecule has 3 heteroatoms. The summed E-state index contributed by atoms with van der Waals surface area (Å²) in [5.41, 5.74) is 0. The van der Waals surface area contributed by atoms with Gasteiger partial charge in [0.15, 0.2) is 0 Å². The van der Waals surface area contributed by atoms with Crippen molar-refractivity contribution >= 4 is 5.91 Å². The van der Waals surface area contributed by atoms with Gasteiger partial charge in [-0.05, 0) is 26.2 Å². The Morgan fingerprint density at radius 2 is 1.73 bits per heavy atom. The van der Waals surface area contributed by atoms with Gasteiger partial charge in [-0.25, -0.2) is 0 Å². The number of hydrogen-bond acceptors (Lipinski definition) is 2. The molecule has 0 bridgehead atoms. The molecule has 0 aliphatic carbocycles. The predicted molar refractivity (Wildman–Crippen MR) is 62.7 cm³/mol. The van der Waals surface area contributed by atoms with Crippen LogP contribution in [0.25, 0.3) is 0 Å². The summed E-state index contributed by atoms with van der Waals surface area (Å²) < 4.78 is 5.13. The van der Waals surface area contributed by atoms with Gasteiger partial charge in [-0.3, -0.25) is 4.79 Å². The first-order valence-electron chi connectivity index (χ1n) is 5.71. The highest BCUT2D eigenvalue weighted by Gasteiger charge is 2.21. The van der Waals surface area contributed by atoms with E-state index in [0.717, 1.165) is 6.42 Å². The molecule has 0 aromatic heterocycles. The monoisotopic (exact) mass is 215 g/mol. The lowest BCUT2D eigenvalue weighted by Crippen LogP contribution is -2.40. The molecule has 0 spiro atoms. The number of amides is 1. The summed E-state index contributed by atoms with van der Waals surface area (Å²) in [5.74, 6) is 0.595. The third-order valence-corrected chi connectivity index (χ3v) is 2.70. The van der Waals surface area contributed by atoms with E-state index in [4.69, 9.17) is 4.74 Å². The quantitative estimate of drug-likeness (QED) is 0.737. The molecule has 0 aromatic rings. The fourth-order valence-corrected chi connectivity index (χ4v) is 1.56. The van der Waals surface area contributed by atoms with E-state index in [-0.39, 0.29) is 24.0 Å². The second-order valence-corrected chi connectivity index (χ2v) is 4.77. The van der Waals surface area contributed by atoms with Gasteiger partial charge >= 0.3 is 0 Å². The summed E-state index contributed by atoms with van der Waals surface area (Å²) in [4.78, 5) is 11.7. The van der Waals surface area contributed by atoms with E-state index in [1.54, 1.807) is 7.11 Å². The topological polar surface area (TPSA) is 38.3 Å². The summed E-state index contributed by atoms with van der Waals surface area (Å²) in [6.07, 6.45) is 0.982. The van der Waals surface area contributed by atoms with E-state index >= 15 is 0 Å². The summed E-state index contributed by atoms with van der Waals surface area (Å²) in [7, 11) is 1.63. The Hall–Kier alpha value is -0.570. The summed E-state index contributed by atoms with van der Waals surface area (Å²) in [6, 6.07) is 0.240. The first-order chi connectivity index (χ1) is 6.88. The number of rotatable bonds is 6. The minimum absolute atomic E-state index is 0.0313. The summed E-state index contributed by atoms with van der Waals surface area (Å²) in [5, 5.41) is 3.01. The Morgan fingerprint density at radius 1 is 1.20 bits per heavy atom. The van der Waals surface area contributed by atoms with Gasteiger partial charge in [0.05, 0.1) is 12.0 Å².